The van der Waals surface area contributed by atoms with Crippen molar-refractivity contribution in [1.29, 1.82) is 0 Å². The largest absolute Gasteiger partial charge is 0.396 e. The minimum absolute atomic E-state index is 0.0981. The normalized spacial score (nSPS) is 29.1. The number of allylic oxidation sites excluding steroid dienone is 4. The summed E-state index contributed by atoms with van der Waals surface area (Å²) in [5.41, 5.74) is 2.87. The monoisotopic (exact) mass is 287 g/mol. The van der Waals surface area contributed by atoms with Crippen LogP contribution in [0, 0.1) is 0 Å². The lowest BCUT2D eigenvalue weighted by molar-refractivity contribution is 0.298. The fourth-order valence-corrected chi connectivity index (χ4v) is 2.52. The van der Waals surface area contributed by atoms with Crippen molar-refractivity contribution < 1.29 is 5.11 Å². The van der Waals surface area contributed by atoms with Crippen LogP contribution in [0.4, 0.5) is 0 Å². The lowest BCUT2D eigenvalue weighted by atomic mass is 9.88. The van der Waals surface area contributed by atoms with E-state index in [-0.39, 0.29) is 6.61 Å². The highest BCUT2D eigenvalue weighted by Crippen LogP contribution is 2.41. The first kappa shape index (κ1) is 11.1. The summed E-state index contributed by atoms with van der Waals surface area (Å²) in [5, 5.41) is 8.95. The van der Waals surface area contributed by atoms with Gasteiger partial charge in [-0.05, 0) is 36.6 Å². The van der Waals surface area contributed by atoms with Crippen molar-refractivity contribution >= 4 is 33.2 Å². The van der Waals surface area contributed by atoms with Gasteiger partial charge in [-0.15, -0.1) is 11.6 Å². The van der Waals surface area contributed by atoms with Gasteiger partial charge in [-0.1, -0.05) is 15.9 Å². The number of aliphatic hydroxyl groups is 1. The van der Waals surface area contributed by atoms with Crippen molar-refractivity contribution in [2.24, 2.45) is 4.99 Å². The zero-order chi connectivity index (χ0) is 11.1. The molecule has 0 aromatic carbocycles. The molecule has 0 amide bonds. The van der Waals surface area contributed by atoms with Crippen LogP contribution in [0.1, 0.15) is 13.3 Å². The van der Waals surface area contributed by atoms with E-state index in [1.807, 2.05) is 19.1 Å². The van der Waals surface area contributed by atoms with E-state index in [0.29, 0.717) is 6.42 Å². The second-order valence-electron chi connectivity index (χ2n) is 3.67. The van der Waals surface area contributed by atoms with Gasteiger partial charge in [0.25, 0.3) is 0 Å². The van der Waals surface area contributed by atoms with Crippen LogP contribution in [0.5, 0.6) is 0 Å². The summed E-state index contributed by atoms with van der Waals surface area (Å²) in [6.07, 6.45) is 6.23. The summed E-state index contributed by atoms with van der Waals surface area (Å²) in [4.78, 5) is 3.64. The minimum atomic E-state index is -0.635. The van der Waals surface area contributed by atoms with Crippen LogP contribution in [-0.2, 0) is 0 Å². The molecule has 2 aliphatic rings. The average molecular weight is 289 g/mol. The second kappa shape index (κ2) is 3.89. The molecule has 0 aromatic heterocycles. The second-order valence-corrected chi connectivity index (χ2v) is 5.12. The number of rotatable bonds is 2. The van der Waals surface area contributed by atoms with E-state index in [2.05, 4.69) is 20.9 Å². The van der Waals surface area contributed by atoms with Gasteiger partial charge in [-0.25, -0.2) is 0 Å². The van der Waals surface area contributed by atoms with Crippen molar-refractivity contribution in [2.45, 2.75) is 18.2 Å². The Bertz CT molecular complexity index is 422. The number of fused-ring (bicyclic) bond motifs is 1. The molecule has 0 radical (unpaired) electrons. The highest BCUT2D eigenvalue weighted by Gasteiger charge is 2.39. The van der Waals surface area contributed by atoms with Crippen LogP contribution in [0.15, 0.2) is 39.0 Å². The predicted molar refractivity (Wildman–Crippen MR) is 66.6 cm³/mol. The minimum Gasteiger partial charge on any atom is -0.396 e. The van der Waals surface area contributed by atoms with Crippen LogP contribution in [0.25, 0.3) is 0 Å². The quantitative estimate of drug-likeness (QED) is 0.779. The fourth-order valence-electron chi connectivity index (χ4n) is 1.78. The van der Waals surface area contributed by atoms with Gasteiger partial charge < -0.3 is 5.11 Å². The Morgan fingerprint density at radius 3 is 3.00 bits per heavy atom. The van der Waals surface area contributed by atoms with Crippen molar-refractivity contribution in [3.05, 3.63) is 34.0 Å². The first-order valence-corrected chi connectivity index (χ1v) is 5.89. The molecule has 0 saturated heterocycles. The predicted octanol–water partition coefficient (Wildman–Crippen LogP) is 2.92. The van der Waals surface area contributed by atoms with E-state index >= 15 is 0 Å². The zero-order valence-corrected chi connectivity index (χ0v) is 10.6. The molecule has 0 aromatic rings. The van der Waals surface area contributed by atoms with Gasteiger partial charge in [0.15, 0.2) is 0 Å². The lowest BCUT2D eigenvalue weighted by Gasteiger charge is -2.26. The Kier molecular flexibility index (Phi) is 2.88. The molecule has 0 bridgehead atoms. The van der Waals surface area contributed by atoms with E-state index in [4.69, 9.17) is 16.7 Å². The van der Waals surface area contributed by atoms with Crippen molar-refractivity contribution in [3.63, 3.8) is 0 Å². The lowest BCUT2D eigenvalue weighted by Crippen LogP contribution is -2.31. The molecule has 2 rings (SSSR count). The van der Waals surface area contributed by atoms with Crippen LogP contribution in [0.3, 0.4) is 0 Å². The third-order valence-electron chi connectivity index (χ3n) is 2.64. The molecule has 1 heterocycles. The topological polar surface area (TPSA) is 32.6 Å². The zero-order valence-electron chi connectivity index (χ0n) is 8.30. The van der Waals surface area contributed by atoms with E-state index < -0.39 is 4.87 Å². The van der Waals surface area contributed by atoms with Crippen LogP contribution in [-0.4, -0.2) is 22.3 Å². The van der Waals surface area contributed by atoms with E-state index in [0.717, 1.165) is 21.3 Å². The SMILES string of the molecule is CC1=CC2(Cl)C(CCO)=CN=C2C=C1Br. The number of hydrogen-bond donors (Lipinski definition) is 1. The highest BCUT2D eigenvalue weighted by atomic mass is 79.9. The summed E-state index contributed by atoms with van der Waals surface area (Å²) in [5.74, 6) is 0. The van der Waals surface area contributed by atoms with Crippen LogP contribution in [0.2, 0.25) is 0 Å². The van der Waals surface area contributed by atoms with Crippen molar-refractivity contribution in [1.82, 2.24) is 0 Å². The van der Waals surface area contributed by atoms with Gasteiger partial charge >= 0.3 is 0 Å². The van der Waals surface area contributed by atoms with Crippen LogP contribution >= 0.6 is 27.5 Å². The van der Waals surface area contributed by atoms with Gasteiger partial charge in [-0.3, -0.25) is 4.99 Å². The smallest absolute Gasteiger partial charge is 0.128 e. The Morgan fingerprint density at radius 1 is 1.60 bits per heavy atom. The third-order valence-corrected chi connectivity index (χ3v) is 4.04. The molecular weight excluding hydrogens is 277 g/mol. The highest BCUT2D eigenvalue weighted by molar-refractivity contribution is 9.12. The molecule has 1 aliphatic carbocycles. The molecule has 2 nitrogen and oxygen atoms in total. The van der Waals surface area contributed by atoms with Gasteiger partial charge in [0, 0.05) is 17.3 Å². The Morgan fingerprint density at radius 2 is 2.33 bits per heavy atom. The van der Waals surface area contributed by atoms with E-state index in [1.54, 1.807) is 6.20 Å². The van der Waals surface area contributed by atoms with E-state index in [1.165, 1.54) is 0 Å². The number of nitrogens with zero attached hydrogens (tertiary/aromatic N) is 1. The molecule has 1 atom stereocenters. The molecule has 1 aliphatic heterocycles. The fraction of sp³-hybridized carbons (Fsp3) is 0.364. The van der Waals surface area contributed by atoms with Gasteiger partial charge in [0.05, 0.1) is 5.71 Å². The molecule has 80 valence electrons. The first-order valence-electron chi connectivity index (χ1n) is 4.72. The van der Waals surface area contributed by atoms with Crippen molar-refractivity contribution in [3.8, 4) is 0 Å². The van der Waals surface area contributed by atoms with Gasteiger partial charge in [-0.2, -0.15) is 0 Å². The average Bonchev–Trinajstić information content (AvgIpc) is 2.46. The van der Waals surface area contributed by atoms with Crippen LogP contribution < -0.4 is 0 Å². The number of halogens is 2. The summed E-state index contributed by atoms with van der Waals surface area (Å²) in [7, 11) is 0. The summed E-state index contributed by atoms with van der Waals surface area (Å²) >= 11 is 9.98. The van der Waals surface area contributed by atoms with Crippen molar-refractivity contribution in [2.75, 3.05) is 6.61 Å². The standard InChI is InChI=1S/C11H11BrClNO/c1-7-5-11(13)8(2-3-15)6-14-10(11)4-9(7)12/h4-6,15H,2-3H2,1H3. The molecule has 4 heteroatoms. The molecule has 0 fully saturated rings. The van der Waals surface area contributed by atoms with Gasteiger partial charge in [0.1, 0.15) is 4.87 Å². The van der Waals surface area contributed by atoms with E-state index in [9.17, 15) is 0 Å². The molecule has 0 spiro atoms. The Hall–Kier alpha value is -0.380. The maximum atomic E-state index is 8.95. The number of aliphatic imine (C=N–C) groups is 1. The third kappa shape index (κ3) is 1.73. The number of alkyl halides is 1. The number of aliphatic hydroxyl groups excluding tert-OH is 1. The van der Waals surface area contributed by atoms with Gasteiger partial charge in [0.2, 0.25) is 0 Å². The molecular formula is C11H11BrClNO. The maximum Gasteiger partial charge on any atom is 0.128 e. The first-order chi connectivity index (χ1) is 7.08. The summed E-state index contributed by atoms with van der Waals surface area (Å²) in [6, 6.07) is 0. The number of hydrogen-bond acceptors (Lipinski definition) is 2. The summed E-state index contributed by atoms with van der Waals surface area (Å²) < 4.78 is 1.01. The molecule has 15 heavy (non-hydrogen) atoms. The Balaban J connectivity index is 2.39. The Labute approximate surface area is 102 Å². The molecule has 0 saturated carbocycles. The molecule has 1 N–H and O–H groups in total. The summed E-state index contributed by atoms with van der Waals surface area (Å²) in [6.45, 7) is 2.09. The maximum absolute atomic E-state index is 8.95. The molecule has 1 unspecified atom stereocenters.